The Balaban J connectivity index is 3.49. The first-order valence-electron chi connectivity index (χ1n) is 2.86. The van der Waals surface area contributed by atoms with Gasteiger partial charge in [0, 0.05) is 6.92 Å². The number of hydrogen-bond donors (Lipinski definition) is 1. The highest BCUT2D eigenvalue weighted by Gasteiger charge is 2.10. The Morgan fingerprint density at radius 1 is 1.50 bits per heavy atom. The molecule has 0 aliphatic rings. The van der Waals surface area contributed by atoms with Gasteiger partial charge in [0.15, 0.2) is 5.78 Å². The predicted molar refractivity (Wildman–Crippen MR) is 33.3 cm³/mol. The zero-order valence-electron chi connectivity index (χ0n) is 5.96. The maximum atomic E-state index is 10.3. The van der Waals surface area contributed by atoms with Gasteiger partial charge in [-0.1, -0.05) is 0 Å². The van der Waals surface area contributed by atoms with Crippen molar-refractivity contribution >= 4 is 11.8 Å². The molecule has 10 heavy (non-hydrogen) atoms. The molecular weight excluding hydrogens is 136 g/mol. The summed E-state index contributed by atoms with van der Waals surface area (Å²) in [6, 6.07) is 0. The van der Waals surface area contributed by atoms with Gasteiger partial charge in [-0.05, 0) is 6.92 Å². The lowest BCUT2D eigenvalue weighted by Gasteiger charge is -2.04. The van der Waals surface area contributed by atoms with Gasteiger partial charge in [0.05, 0.1) is 0 Å². The Labute approximate surface area is 58.8 Å². The minimum absolute atomic E-state index is 0.245. The molecule has 0 saturated carbocycles. The maximum absolute atomic E-state index is 10.3. The van der Waals surface area contributed by atoms with Gasteiger partial charge in [-0.2, -0.15) is 0 Å². The molecule has 0 radical (unpaired) electrons. The highest BCUT2D eigenvalue weighted by atomic mass is 16.5. The zero-order valence-corrected chi connectivity index (χ0v) is 5.96. The molecule has 0 saturated heterocycles. The van der Waals surface area contributed by atoms with E-state index >= 15 is 0 Å². The van der Waals surface area contributed by atoms with Crippen LogP contribution >= 0.6 is 0 Å². The fourth-order valence-electron chi connectivity index (χ4n) is 0.314. The summed E-state index contributed by atoms with van der Waals surface area (Å²) < 4.78 is 4.36. The lowest BCUT2D eigenvalue weighted by atomic mass is 10.3. The molecule has 0 aromatic heterocycles. The highest BCUT2D eigenvalue weighted by Crippen LogP contribution is 1.86. The van der Waals surface area contributed by atoms with Crippen LogP contribution in [0, 0.1) is 0 Å². The second-order valence-corrected chi connectivity index (χ2v) is 1.93. The fraction of sp³-hybridized carbons (Fsp3) is 0.667. The van der Waals surface area contributed by atoms with Crippen molar-refractivity contribution in [1.82, 2.24) is 0 Å². The van der Waals surface area contributed by atoms with Gasteiger partial charge in [0.25, 0.3) is 0 Å². The summed E-state index contributed by atoms with van der Waals surface area (Å²) in [7, 11) is 0. The third-order valence-electron chi connectivity index (χ3n) is 0.914. The molecule has 1 atom stereocenters. The predicted octanol–water partition coefficient (Wildman–Crippen LogP) is -0.501. The third-order valence-corrected chi connectivity index (χ3v) is 0.914. The van der Waals surface area contributed by atoms with Crippen LogP contribution in [-0.2, 0) is 14.3 Å². The summed E-state index contributed by atoms with van der Waals surface area (Å²) in [5, 5.41) is 8.75. The van der Waals surface area contributed by atoms with Crippen LogP contribution in [0.15, 0.2) is 0 Å². The minimum Gasteiger partial charge on any atom is -0.463 e. The van der Waals surface area contributed by atoms with E-state index in [0.717, 1.165) is 0 Å². The fourth-order valence-corrected chi connectivity index (χ4v) is 0.314. The summed E-state index contributed by atoms with van der Waals surface area (Å²) in [5.41, 5.74) is 0. The Kier molecular flexibility index (Phi) is 3.64. The first-order chi connectivity index (χ1) is 4.54. The lowest BCUT2D eigenvalue weighted by molar-refractivity contribution is -0.146. The van der Waals surface area contributed by atoms with Crippen molar-refractivity contribution in [2.24, 2.45) is 0 Å². The summed E-state index contributed by atoms with van der Waals surface area (Å²) in [6.07, 6.45) is -1.18. The Hall–Kier alpha value is -0.900. The quantitative estimate of drug-likeness (QED) is 0.545. The number of carbonyl (C=O) groups is 2. The largest absolute Gasteiger partial charge is 0.463 e. The molecular formula is C6H10O4. The second kappa shape index (κ2) is 4.00. The van der Waals surface area contributed by atoms with Crippen molar-refractivity contribution in [3.05, 3.63) is 0 Å². The SMILES string of the molecule is CC(=O)OCC(O)C(C)=O. The molecule has 58 valence electrons. The van der Waals surface area contributed by atoms with Gasteiger partial charge in [0.2, 0.25) is 0 Å². The first-order valence-corrected chi connectivity index (χ1v) is 2.86. The summed E-state index contributed by atoms with van der Waals surface area (Å²) in [4.78, 5) is 20.4. The number of ketones is 1. The monoisotopic (exact) mass is 146 g/mol. The van der Waals surface area contributed by atoms with E-state index in [1.807, 2.05) is 0 Å². The minimum atomic E-state index is -1.18. The van der Waals surface area contributed by atoms with Gasteiger partial charge in [-0.25, -0.2) is 0 Å². The third kappa shape index (κ3) is 4.03. The van der Waals surface area contributed by atoms with Crippen molar-refractivity contribution in [3.8, 4) is 0 Å². The van der Waals surface area contributed by atoms with Crippen LogP contribution in [0.2, 0.25) is 0 Å². The topological polar surface area (TPSA) is 63.6 Å². The van der Waals surface area contributed by atoms with Crippen LogP contribution < -0.4 is 0 Å². The molecule has 4 nitrogen and oxygen atoms in total. The summed E-state index contributed by atoms with van der Waals surface area (Å²) >= 11 is 0. The number of ether oxygens (including phenoxy) is 1. The van der Waals surface area contributed by atoms with Crippen LogP contribution in [0.3, 0.4) is 0 Å². The molecule has 0 bridgehead atoms. The van der Waals surface area contributed by atoms with Crippen LogP contribution in [0.4, 0.5) is 0 Å². The van der Waals surface area contributed by atoms with Crippen molar-refractivity contribution < 1.29 is 19.4 Å². The first kappa shape index (κ1) is 9.10. The highest BCUT2D eigenvalue weighted by molar-refractivity contribution is 5.80. The number of aliphatic hydroxyl groups excluding tert-OH is 1. The number of carbonyl (C=O) groups excluding carboxylic acids is 2. The van der Waals surface area contributed by atoms with Crippen LogP contribution in [0.1, 0.15) is 13.8 Å². The van der Waals surface area contributed by atoms with Crippen LogP contribution in [0.25, 0.3) is 0 Å². The average Bonchev–Trinajstić information content (AvgIpc) is 1.82. The van der Waals surface area contributed by atoms with Crippen LogP contribution in [-0.4, -0.2) is 29.6 Å². The summed E-state index contributed by atoms with van der Waals surface area (Å²) in [6.45, 7) is 2.20. The number of hydrogen-bond acceptors (Lipinski definition) is 4. The van der Waals surface area contributed by atoms with E-state index in [2.05, 4.69) is 4.74 Å². The Morgan fingerprint density at radius 3 is 2.30 bits per heavy atom. The molecule has 0 fully saturated rings. The standard InChI is InChI=1S/C6H10O4/c1-4(7)6(9)3-10-5(2)8/h6,9H,3H2,1-2H3. The van der Waals surface area contributed by atoms with Gasteiger partial charge in [-0.3, -0.25) is 9.59 Å². The summed E-state index contributed by atoms with van der Waals surface area (Å²) in [5.74, 6) is -0.901. The van der Waals surface area contributed by atoms with E-state index in [9.17, 15) is 9.59 Å². The van der Waals surface area contributed by atoms with E-state index in [1.54, 1.807) is 0 Å². The number of aliphatic hydroxyl groups is 1. The van der Waals surface area contributed by atoms with Gasteiger partial charge >= 0.3 is 5.97 Å². The molecule has 0 rings (SSSR count). The number of Topliss-reactive ketones (excluding diaryl/α,β-unsaturated/α-hetero) is 1. The van der Waals surface area contributed by atoms with Crippen molar-refractivity contribution in [1.29, 1.82) is 0 Å². The molecule has 1 N–H and O–H groups in total. The number of esters is 1. The molecule has 0 aliphatic carbocycles. The second-order valence-electron chi connectivity index (χ2n) is 1.93. The van der Waals surface area contributed by atoms with Gasteiger partial charge in [0.1, 0.15) is 12.7 Å². The smallest absolute Gasteiger partial charge is 0.302 e. The van der Waals surface area contributed by atoms with Gasteiger partial charge in [-0.15, -0.1) is 0 Å². The van der Waals surface area contributed by atoms with Crippen molar-refractivity contribution in [2.45, 2.75) is 20.0 Å². The molecule has 4 heteroatoms. The van der Waals surface area contributed by atoms with E-state index in [0.29, 0.717) is 0 Å². The maximum Gasteiger partial charge on any atom is 0.302 e. The Bertz CT molecular complexity index is 141. The average molecular weight is 146 g/mol. The van der Waals surface area contributed by atoms with E-state index < -0.39 is 17.9 Å². The van der Waals surface area contributed by atoms with E-state index in [4.69, 9.17) is 5.11 Å². The molecule has 1 unspecified atom stereocenters. The molecule has 0 heterocycles. The number of rotatable bonds is 3. The zero-order chi connectivity index (χ0) is 8.15. The molecule has 0 amide bonds. The molecule has 0 aromatic rings. The molecule has 0 aromatic carbocycles. The normalized spacial score (nSPS) is 12.3. The molecule has 0 aliphatic heterocycles. The molecule has 0 spiro atoms. The lowest BCUT2D eigenvalue weighted by Crippen LogP contribution is -2.24. The van der Waals surface area contributed by atoms with E-state index in [-0.39, 0.29) is 6.61 Å². The van der Waals surface area contributed by atoms with Crippen molar-refractivity contribution in [2.75, 3.05) is 6.61 Å². The van der Waals surface area contributed by atoms with Crippen molar-refractivity contribution in [3.63, 3.8) is 0 Å². The van der Waals surface area contributed by atoms with Crippen LogP contribution in [0.5, 0.6) is 0 Å². The Morgan fingerprint density at radius 2 is 2.00 bits per heavy atom. The van der Waals surface area contributed by atoms with E-state index in [1.165, 1.54) is 13.8 Å². The van der Waals surface area contributed by atoms with Gasteiger partial charge < -0.3 is 9.84 Å².